The van der Waals surface area contributed by atoms with Gasteiger partial charge in [-0.15, -0.1) is 0 Å². The van der Waals surface area contributed by atoms with Crippen molar-refractivity contribution in [2.75, 3.05) is 24.5 Å². The number of hydrogen-bond donors (Lipinski definition) is 2. The predicted molar refractivity (Wildman–Crippen MR) is 126 cm³/mol. The van der Waals surface area contributed by atoms with Crippen LogP contribution in [0.3, 0.4) is 0 Å². The minimum atomic E-state index is 0.336. The van der Waals surface area contributed by atoms with Gasteiger partial charge in [0.1, 0.15) is 12.1 Å². The summed E-state index contributed by atoms with van der Waals surface area (Å²) in [7, 11) is 0. The molecule has 0 radical (unpaired) electrons. The van der Waals surface area contributed by atoms with Crippen LogP contribution in [-0.2, 0) is 0 Å². The second kappa shape index (κ2) is 7.64. The summed E-state index contributed by atoms with van der Waals surface area (Å²) in [6.07, 6.45) is 4.82. The number of rotatable bonds is 4. The molecular formula is C24H31N7. The van der Waals surface area contributed by atoms with Gasteiger partial charge in [0, 0.05) is 43.0 Å². The van der Waals surface area contributed by atoms with Gasteiger partial charge in [0.15, 0.2) is 5.65 Å². The third kappa shape index (κ3) is 3.19. The Hall–Kier alpha value is -2.93. The molecule has 2 N–H and O–H groups in total. The van der Waals surface area contributed by atoms with Crippen molar-refractivity contribution < 1.29 is 0 Å². The number of piperazine rings is 1. The second-order valence-corrected chi connectivity index (χ2v) is 8.91. The fourth-order valence-electron chi connectivity index (χ4n) is 4.89. The highest BCUT2D eigenvalue weighted by Gasteiger charge is 2.25. The first-order chi connectivity index (χ1) is 15.0. The van der Waals surface area contributed by atoms with Crippen molar-refractivity contribution in [1.82, 2.24) is 29.9 Å². The van der Waals surface area contributed by atoms with Gasteiger partial charge in [-0.1, -0.05) is 20.8 Å². The fourth-order valence-corrected chi connectivity index (χ4v) is 4.89. The molecule has 1 aliphatic heterocycles. The lowest BCUT2D eigenvalue weighted by atomic mass is 9.95. The van der Waals surface area contributed by atoms with Crippen LogP contribution in [0.4, 0.5) is 5.82 Å². The van der Waals surface area contributed by atoms with Crippen LogP contribution in [0.15, 0.2) is 24.7 Å². The van der Waals surface area contributed by atoms with Crippen molar-refractivity contribution in [1.29, 1.82) is 0 Å². The number of nitrogens with one attached hydrogen (secondary N) is 2. The lowest BCUT2D eigenvalue weighted by molar-refractivity contribution is 0.463. The lowest BCUT2D eigenvalue weighted by Gasteiger charge is -2.36. The zero-order chi connectivity index (χ0) is 21.7. The van der Waals surface area contributed by atoms with Crippen molar-refractivity contribution >= 4 is 22.5 Å². The van der Waals surface area contributed by atoms with Crippen LogP contribution < -0.4 is 10.2 Å². The third-order valence-corrected chi connectivity index (χ3v) is 6.75. The van der Waals surface area contributed by atoms with E-state index in [4.69, 9.17) is 4.98 Å². The molecule has 4 aromatic heterocycles. The Kier molecular flexibility index (Phi) is 4.93. The molecule has 7 heteroatoms. The summed E-state index contributed by atoms with van der Waals surface area (Å²) in [6.45, 7) is 14.0. The molecule has 0 spiro atoms. The summed E-state index contributed by atoms with van der Waals surface area (Å²) in [6, 6.07) is 4.84. The van der Waals surface area contributed by atoms with Gasteiger partial charge in [0.2, 0.25) is 0 Å². The van der Waals surface area contributed by atoms with Crippen LogP contribution in [0, 0.1) is 13.8 Å². The Balaban J connectivity index is 1.70. The molecule has 1 atom stereocenters. The SMILES string of the molecule is CC[C@H]1CNCCN1c1ccc2[nH]c(-c3cn4ncnc4c(C)c3C)c(C(C)C)c2n1. The van der Waals surface area contributed by atoms with Crippen LogP contribution in [0.5, 0.6) is 0 Å². The normalized spacial score (nSPS) is 17.4. The molecular weight excluding hydrogens is 386 g/mol. The van der Waals surface area contributed by atoms with Crippen molar-refractivity contribution in [3.8, 4) is 11.3 Å². The molecule has 31 heavy (non-hydrogen) atoms. The number of aromatic amines is 1. The molecule has 0 bridgehead atoms. The molecule has 1 saturated heterocycles. The summed E-state index contributed by atoms with van der Waals surface area (Å²) in [5, 5.41) is 7.90. The largest absolute Gasteiger partial charge is 0.353 e. The summed E-state index contributed by atoms with van der Waals surface area (Å²) >= 11 is 0. The van der Waals surface area contributed by atoms with Crippen LogP contribution >= 0.6 is 0 Å². The van der Waals surface area contributed by atoms with E-state index in [1.54, 1.807) is 6.33 Å². The van der Waals surface area contributed by atoms with E-state index < -0.39 is 0 Å². The Bertz CT molecular complexity index is 1250. The maximum Gasteiger partial charge on any atom is 0.158 e. The molecule has 0 aromatic carbocycles. The highest BCUT2D eigenvalue weighted by atomic mass is 15.3. The average Bonchev–Trinajstić information content (AvgIpc) is 3.40. The van der Waals surface area contributed by atoms with Gasteiger partial charge in [-0.2, -0.15) is 5.10 Å². The Morgan fingerprint density at radius 1 is 1.19 bits per heavy atom. The molecule has 1 fully saturated rings. The van der Waals surface area contributed by atoms with Crippen molar-refractivity contribution in [2.45, 2.75) is 53.0 Å². The van der Waals surface area contributed by atoms with E-state index in [1.165, 1.54) is 11.1 Å². The number of fused-ring (bicyclic) bond motifs is 2. The summed E-state index contributed by atoms with van der Waals surface area (Å²) in [5.74, 6) is 1.41. The molecule has 5 heterocycles. The van der Waals surface area contributed by atoms with Gasteiger partial charge >= 0.3 is 0 Å². The molecule has 7 nitrogen and oxygen atoms in total. The van der Waals surface area contributed by atoms with Gasteiger partial charge in [-0.3, -0.25) is 0 Å². The molecule has 1 aliphatic rings. The predicted octanol–water partition coefficient (Wildman–Crippen LogP) is 4.20. The standard InChI is InChI=1S/C24H31N7/c1-6-17-11-25-9-10-30(17)20-8-7-19-23(29-20)21(14(2)3)22(28-19)18-12-31-24(26-13-27-31)16(5)15(18)4/h7-8,12-14,17,25,28H,6,9-11H2,1-5H3/t17-/m0/s1. The number of nitrogens with zero attached hydrogens (tertiary/aromatic N) is 5. The Labute approximate surface area is 182 Å². The van der Waals surface area contributed by atoms with E-state index in [2.05, 4.69) is 78.2 Å². The van der Waals surface area contributed by atoms with Crippen LogP contribution in [0.2, 0.25) is 0 Å². The first-order valence-electron chi connectivity index (χ1n) is 11.3. The zero-order valence-corrected chi connectivity index (χ0v) is 19.0. The maximum atomic E-state index is 5.20. The monoisotopic (exact) mass is 417 g/mol. The summed E-state index contributed by atoms with van der Waals surface area (Å²) in [4.78, 5) is 15.8. The van der Waals surface area contributed by atoms with E-state index in [0.29, 0.717) is 12.0 Å². The van der Waals surface area contributed by atoms with Gasteiger partial charge in [-0.25, -0.2) is 14.5 Å². The Morgan fingerprint density at radius 3 is 2.81 bits per heavy atom. The smallest absolute Gasteiger partial charge is 0.158 e. The highest BCUT2D eigenvalue weighted by Crippen LogP contribution is 2.38. The number of H-pyrrole nitrogens is 1. The highest BCUT2D eigenvalue weighted by molar-refractivity contribution is 5.90. The first-order valence-corrected chi connectivity index (χ1v) is 11.3. The topological polar surface area (TPSA) is 74.1 Å². The number of pyridine rings is 2. The lowest BCUT2D eigenvalue weighted by Crippen LogP contribution is -2.51. The molecule has 0 unspecified atom stereocenters. The molecule has 5 rings (SSSR count). The minimum absolute atomic E-state index is 0.336. The van der Waals surface area contributed by atoms with Gasteiger partial charge in [0.25, 0.3) is 0 Å². The van der Waals surface area contributed by atoms with E-state index >= 15 is 0 Å². The first kappa shape index (κ1) is 20.0. The third-order valence-electron chi connectivity index (χ3n) is 6.75. The van der Waals surface area contributed by atoms with Crippen LogP contribution in [0.25, 0.3) is 27.9 Å². The van der Waals surface area contributed by atoms with E-state index in [9.17, 15) is 0 Å². The van der Waals surface area contributed by atoms with Gasteiger partial charge in [-0.05, 0) is 49.4 Å². The van der Waals surface area contributed by atoms with Gasteiger partial charge < -0.3 is 15.2 Å². The summed E-state index contributed by atoms with van der Waals surface area (Å²) in [5.41, 5.74) is 9.02. The van der Waals surface area contributed by atoms with Crippen molar-refractivity contribution in [3.63, 3.8) is 0 Å². The molecule has 0 aliphatic carbocycles. The zero-order valence-electron chi connectivity index (χ0n) is 19.0. The quantitative estimate of drug-likeness (QED) is 0.521. The molecule has 0 amide bonds. The van der Waals surface area contributed by atoms with E-state index in [-0.39, 0.29) is 0 Å². The Morgan fingerprint density at radius 2 is 2.03 bits per heavy atom. The number of aromatic nitrogens is 5. The molecule has 0 saturated carbocycles. The average molecular weight is 418 g/mol. The molecule has 4 aromatic rings. The van der Waals surface area contributed by atoms with Crippen molar-refractivity contribution in [3.05, 3.63) is 41.3 Å². The fraction of sp³-hybridized carbons (Fsp3) is 0.458. The maximum absolute atomic E-state index is 5.20. The minimum Gasteiger partial charge on any atom is -0.353 e. The number of aryl methyl sites for hydroxylation is 1. The van der Waals surface area contributed by atoms with E-state index in [1.807, 2.05) is 4.52 Å². The van der Waals surface area contributed by atoms with Gasteiger partial charge in [0.05, 0.1) is 16.7 Å². The second-order valence-electron chi connectivity index (χ2n) is 8.91. The van der Waals surface area contributed by atoms with E-state index in [0.717, 1.165) is 65.4 Å². The van der Waals surface area contributed by atoms with Crippen molar-refractivity contribution in [2.24, 2.45) is 0 Å². The molecule has 162 valence electrons. The number of hydrogen-bond acceptors (Lipinski definition) is 5. The summed E-state index contributed by atoms with van der Waals surface area (Å²) < 4.78 is 1.87. The van der Waals surface area contributed by atoms with Crippen LogP contribution in [0.1, 0.15) is 49.8 Å². The van der Waals surface area contributed by atoms with Crippen LogP contribution in [-0.4, -0.2) is 50.2 Å². The number of anilines is 1.